The molecule has 19 heavy (non-hydrogen) atoms. The zero-order valence-corrected chi connectivity index (χ0v) is 11.0. The van der Waals surface area contributed by atoms with E-state index in [4.69, 9.17) is 4.74 Å². The molecule has 1 N–H and O–H groups in total. The topological polar surface area (TPSA) is 71.5 Å². The highest BCUT2D eigenvalue weighted by atomic mass is 16.5. The first-order valence-corrected chi connectivity index (χ1v) is 6.12. The number of aromatic nitrogens is 1. The van der Waals surface area contributed by atoms with Crippen molar-refractivity contribution in [1.29, 1.82) is 0 Å². The Bertz CT molecular complexity index is 477. The first-order chi connectivity index (χ1) is 9.07. The predicted octanol–water partition coefficient (Wildman–Crippen LogP) is 0.0587. The second kappa shape index (κ2) is 5.36. The lowest BCUT2D eigenvalue weighted by atomic mass is 10.0. The molecule has 0 unspecified atom stereocenters. The summed E-state index contributed by atoms with van der Waals surface area (Å²) in [7, 11) is 1.55. The maximum atomic E-state index is 12.3. The van der Waals surface area contributed by atoms with E-state index in [9.17, 15) is 9.59 Å². The van der Waals surface area contributed by atoms with Crippen LogP contribution in [0.15, 0.2) is 24.5 Å². The van der Waals surface area contributed by atoms with Gasteiger partial charge in [0.1, 0.15) is 0 Å². The minimum Gasteiger partial charge on any atom is -0.362 e. The molecular formula is C13H17N3O3. The third-order valence-corrected chi connectivity index (χ3v) is 3.18. The lowest BCUT2D eigenvalue weighted by molar-refractivity contribution is -0.153. The summed E-state index contributed by atoms with van der Waals surface area (Å²) in [4.78, 5) is 29.7. The number of ether oxygens (including phenoxy) is 1. The van der Waals surface area contributed by atoms with Crippen LogP contribution in [0.3, 0.4) is 0 Å². The number of carbonyl (C=O) groups is 2. The summed E-state index contributed by atoms with van der Waals surface area (Å²) in [5.41, 5.74) is -0.478. The molecule has 0 radical (unpaired) electrons. The van der Waals surface area contributed by atoms with Crippen molar-refractivity contribution in [3.63, 3.8) is 0 Å². The van der Waals surface area contributed by atoms with Gasteiger partial charge in [0.25, 0.3) is 11.8 Å². The van der Waals surface area contributed by atoms with E-state index in [2.05, 4.69) is 10.3 Å². The summed E-state index contributed by atoms with van der Waals surface area (Å²) in [6.07, 6.45) is 3.14. The van der Waals surface area contributed by atoms with E-state index < -0.39 is 5.60 Å². The number of hydrogen-bond donors (Lipinski definition) is 1. The van der Waals surface area contributed by atoms with Crippen LogP contribution in [0.4, 0.5) is 0 Å². The number of nitrogens with one attached hydrogen (secondary N) is 1. The number of nitrogens with zero attached hydrogens (tertiary/aromatic N) is 2. The van der Waals surface area contributed by atoms with Crippen LogP contribution >= 0.6 is 0 Å². The van der Waals surface area contributed by atoms with Gasteiger partial charge in [0, 0.05) is 26.0 Å². The van der Waals surface area contributed by atoms with E-state index >= 15 is 0 Å². The molecule has 0 aromatic carbocycles. The van der Waals surface area contributed by atoms with Crippen molar-refractivity contribution in [2.24, 2.45) is 0 Å². The Morgan fingerprint density at radius 1 is 1.53 bits per heavy atom. The van der Waals surface area contributed by atoms with E-state index in [1.54, 1.807) is 37.2 Å². The Hall–Kier alpha value is -1.95. The largest absolute Gasteiger partial charge is 0.362 e. The predicted molar refractivity (Wildman–Crippen MR) is 68.6 cm³/mol. The van der Waals surface area contributed by atoms with Crippen molar-refractivity contribution < 1.29 is 14.3 Å². The van der Waals surface area contributed by atoms with E-state index in [1.807, 2.05) is 0 Å². The number of hydrogen-bond acceptors (Lipinski definition) is 4. The van der Waals surface area contributed by atoms with Crippen LogP contribution in [0.2, 0.25) is 0 Å². The van der Waals surface area contributed by atoms with Crippen LogP contribution in [-0.2, 0) is 9.53 Å². The van der Waals surface area contributed by atoms with E-state index in [0.717, 1.165) is 0 Å². The van der Waals surface area contributed by atoms with Gasteiger partial charge < -0.3 is 15.0 Å². The molecule has 1 fully saturated rings. The van der Waals surface area contributed by atoms with E-state index in [1.165, 1.54) is 6.20 Å². The van der Waals surface area contributed by atoms with Gasteiger partial charge in [-0.1, -0.05) is 0 Å². The fraction of sp³-hybridized carbons (Fsp3) is 0.462. The molecular weight excluding hydrogens is 246 g/mol. The van der Waals surface area contributed by atoms with Crippen molar-refractivity contribution >= 4 is 11.8 Å². The molecule has 0 saturated carbocycles. The number of amides is 2. The lowest BCUT2D eigenvalue weighted by Gasteiger charge is -2.39. The molecule has 1 aromatic heterocycles. The van der Waals surface area contributed by atoms with Gasteiger partial charge in [-0.25, -0.2) is 0 Å². The van der Waals surface area contributed by atoms with Gasteiger partial charge in [0.2, 0.25) is 0 Å². The highest BCUT2D eigenvalue weighted by Crippen LogP contribution is 2.19. The standard InChI is InChI=1S/C13H17N3O3/c1-13(12(18)14-2)9-16(6-7-19-13)11(17)10-4-3-5-15-8-10/h3-5,8H,6-7,9H2,1-2H3,(H,14,18)/t13-/m0/s1. The smallest absolute Gasteiger partial charge is 0.255 e. The highest BCUT2D eigenvalue weighted by molar-refractivity contribution is 5.95. The molecule has 2 amide bonds. The summed E-state index contributed by atoms with van der Waals surface area (Å²) >= 11 is 0. The molecule has 1 aliphatic rings. The zero-order valence-electron chi connectivity index (χ0n) is 11.0. The average molecular weight is 263 g/mol. The van der Waals surface area contributed by atoms with Gasteiger partial charge in [0.15, 0.2) is 5.60 Å². The van der Waals surface area contributed by atoms with Crippen molar-refractivity contribution in [2.75, 3.05) is 26.7 Å². The van der Waals surface area contributed by atoms with Crippen molar-refractivity contribution in [3.8, 4) is 0 Å². The molecule has 0 spiro atoms. The molecule has 6 heteroatoms. The third-order valence-electron chi connectivity index (χ3n) is 3.18. The monoisotopic (exact) mass is 263 g/mol. The minimum absolute atomic E-state index is 0.133. The van der Waals surface area contributed by atoms with Crippen molar-refractivity contribution in [3.05, 3.63) is 30.1 Å². The number of pyridine rings is 1. The van der Waals surface area contributed by atoms with Crippen molar-refractivity contribution in [1.82, 2.24) is 15.2 Å². The molecule has 1 atom stereocenters. The van der Waals surface area contributed by atoms with Gasteiger partial charge in [-0.3, -0.25) is 14.6 Å². The maximum absolute atomic E-state index is 12.3. The molecule has 6 nitrogen and oxygen atoms in total. The SMILES string of the molecule is CNC(=O)[C@]1(C)CN(C(=O)c2cccnc2)CCO1. The Labute approximate surface area is 111 Å². The Balaban J connectivity index is 2.14. The fourth-order valence-electron chi connectivity index (χ4n) is 2.12. The molecule has 1 aliphatic heterocycles. The Morgan fingerprint density at radius 2 is 2.32 bits per heavy atom. The Kier molecular flexibility index (Phi) is 3.80. The van der Waals surface area contributed by atoms with Crippen LogP contribution in [0.25, 0.3) is 0 Å². The summed E-state index contributed by atoms with van der Waals surface area (Å²) < 4.78 is 5.51. The maximum Gasteiger partial charge on any atom is 0.255 e. The highest BCUT2D eigenvalue weighted by Gasteiger charge is 2.40. The molecule has 1 saturated heterocycles. The quantitative estimate of drug-likeness (QED) is 0.819. The number of carbonyl (C=O) groups excluding carboxylic acids is 2. The van der Waals surface area contributed by atoms with E-state index in [0.29, 0.717) is 18.7 Å². The van der Waals surface area contributed by atoms with E-state index in [-0.39, 0.29) is 18.4 Å². The summed E-state index contributed by atoms with van der Waals surface area (Å²) in [5.74, 6) is -0.359. The zero-order chi connectivity index (χ0) is 13.9. The first-order valence-electron chi connectivity index (χ1n) is 6.12. The third kappa shape index (κ3) is 2.73. The van der Waals surface area contributed by atoms with Crippen LogP contribution in [0.1, 0.15) is 17.3 Å². The molecule has 1 aromatic rings. The summed E-state index contributed by atoms with van der Waals surface area (Å²) in [6.45, 7) is 2.74. The van der Waals surface area contributed by atoms with Gasteiger partial charge in [-0.15, -0.1) is 0 Å². The fourth-order valence-corrected chi connectivity index (χ4v) is 2.12. The van der Waals surface area contributed by atoms with Gasteiger partial charge in [-0.05, 0) is 19.1 Å². The number of likely N-dealkylation sites (N-methyl/N-ethyl adjacent to an activating group) is 1. The second-order valence-electron chi connectivity index (χ2n) is 4.63. The van der Waals surface area contributed by atoms with Crippen LogP contribution in [0.5, 0.6) is 0 Å². The minimum atomic E-state index is -0.995. The van der Waals surface area contributed by atoms with Crippen LogP contribution in [0, 0.1) is 0 Å². The number of morpholine rings is 1. The molecule has 102 valence electrons. The first kappa shape index (κ1) is 13.5. The molecule has 0 aliphatic carbocycles. The molecule has 2 heterocycles. The summed E-state index contributed by atoms with van der Waals surface area (Å²) in [6, 6.07) is 3.42. The lowest BCUT2D eigenvalue weighted by Crippen LogP contribution is -2.58. The van der Waals surface area contributed by atoms with Gasteiger partial charge in [-0.2, -0.15) is 0 Å². The normalized spacial score (nSPS) is 22.9. The van der Waals surface area contributed by atoms with Gasteiger partial charge >= 0.3 is 0 Å². The number of rotatable bonds is 2. The molecule has 0 bridgehead atoms. The summed E-state index contributed by atoms with van der Waals surface area (Å²) in [5, 5.41) is 2.56. The molecule has 2 rings (SSSR count). The Morgan fingerprint density at radius 3 is 2.95 bits per heavy atom. The van der Waals surface area contributed by atoms with Gasteiger partial charge in [0.05, 0.1) is 18.7 Å². The van der Waals surface area contributed by atoms with Crippen LogP contribution < -0.4 is 5.32 Å². The van der Waals surface area contributed by atoms with Crippen LogP contribution in [-0.4, -0.2) is 54.0 Å². The average Bonchev–Trinajstić information content (AvgIpc) is 2.46. The second-order valence-corrected chi connectivity index (χ2v) is 4.63. The van der Waals surface area contributed by atoms with Crippen molar-refractivity contribution in [2.45, 2.75) is 12.5 Å².